The Morgan fingerprint density at radius 3 is 2.94 bits per heavy atom. The lowest BCUT2D eigenvalue weighted by Crippen LogP contribution is -2.34. The van der Waals surface area contributed by atoms with Crippen LogP contribution >= 0.6 is 34.2 Å². The van der Waals surface area contributed by atoms with Crippen molar-refractivity contribution in [1.82, 2.24) is 10.3 Å². The predicted octanol–water partition coefficient (Wildman–Crippen LogP) is 1.56. The number of nitrogens with one attached hydrogen (secondary N) is 1. The number of aliphatic hydroxyl groups excluding tert-OH is 1. The van der Waals surface area contributed by atoms with Crippen molar-refractivity contribution in [3.05, 3.63) is 20.5 Å². The highest BCUT2D eigenvalue weighted by atomic mass is 127. The van der Waals surface area contributed by atoms with Crippen LogP contribution in [0.3, 0.4) is 0 Å². The van der Waals surface area contributed by atoms with Crippen LogP contribution in [0, 0.1) is 3.70 Å². The molecule has 1 aromatic heterocycles. The molecule has 1 aliphatic rings. The van der Waals surface area contributed by atoms with Crippen molar-refractivity contribution in [1.29, 1.82) is 0 Å². The van der Waals surface area contributed by atoms with Crippen LogP contribution in [0.25, 0.3) is 0 Å². The van der Waals surface area contributed by atoms with Gasteiger partial charge in [-0.05, 0) is 47.9 Å². The second-order valence-corrected chi connectivity index (χ2v) is 5.74. The Kier molecular flexibility index (Phi) is 4.29. The van der Waals surface area contributed by atoms with Crippen LogP contribution in [0.2, 0.25) is 5.15 Å². The van der Waals surface area contributed by atoms with Gasteiger partial charge in [0.1, 0.15) is 8.85 Å². The standard InChI is InChI=1S/C11H13ClIN3O2/c12-8-4-7(9(14)10(13)16-8)11(18)15-5-1-2-6(17)3-5/h4-6,17H,1-3,14H2,(H,15,18)/t5-,6+/m1/s1. The summed E-state index contributed by atoms with van der Waals surface area (Å²) in [7, 11) is 0. The number of hydrogen-bond acceptors (Lipinski definition) is 4. The fraction of sp³-hybridized carbons (Fsp3) is 0.455. The van der Waals surface area contributed by atoms with Gasteiger partial charge in [-0.2, -0.15) is 0 Å². The maximum absolute atomic E-state index is 12.1. The number of nitrogens with two attached hydrogens (primary N) is 1. The Labute approximate surface area is 123 Å². The number of hydrogen-bond donors (Lipinski definition) is 3. The second-order valence-electron chi connectivity index (χ2n) is 4.33. The first kappa shape index (κ1) is 13.8. The van der Waals surface area contributed by atoms with Gasteiger partial charge in [0.05, 0.1) is 17.4 Å². The number of aromatic nitrogens is 1. The van der Waals surface area contributed by atoms with Crippen LogP contribution in [-0.2, 0) is 0 Å². The maximum atomic E-state index is 12.1. The van der Waals surface area contributed by atoms with Gasteiger partial charge in [0.2, 0.25) is 0 Å². The summed E-state index contributed by atoms with van der Waals surface area (Å²) in [6.07, 6.45) is 1.76. The summed E-state index contributed by atoms with van der Waals surface area (Å²) in [6.45, 7) is 0. The molecule has 7 heteroatoms. The summed E-state index contributed by atoms with van der Waals surface area (Å²) in [5.41, 5.74) is 6.48. The lowest BCUT2D eigenvalue weighted by atomic mass is 10.2. The lowest BCUT2D eigenvalue weighted by Gasteiger charge is -2.14. The molecule has 1 aliphatic carbocycles. The first-order valence-corrected chi connectivity index (χ1v) is 7.03. The van der Waals surface area contributed by atoms with Gasteiger partial charge in [-0.1, -0.05) is 11.6 Å². The van der Waals surface area contributed by atoms with Crippen molar-refractivity contribution in [2.75, 3.05) is 5.73 Å². The fourth-order valence-electron chi connectivity index (χ4n) is 2.03. The summed E-state index contributed by atoms with van der Waals surface area (Å²) in [5.74, 6) is -0.270. The SMILES string of the molecule is Nc1c(C(=O)N[C@@H]2CC[C@H](O)C2)cc(Cl)nc1I. The Morgan fingerprint density at radius 1 is 1.61 bits per heavy atom. The Hall–Kier alpha value is -0.600. The highest BCUT2D eigenvalue weighted by Crippen LogP contribution is 2.23. The zero-order valence-corrected chi connectivity index (χ0v) is 12.4. The van der Waals surface area contributed by atoms with Gasteiger partial charge in [-0.3, -0.25) is 4.79 Å². The minimum absolute atomic E-state index is 0.00324. The molecule has 0 aromatic carbocycles. The van der Waals surface area contributed by atoms with Crippen molar-refractivity contribution < 1.29 is 9.90 Å². The molecule has 5 nitrogen and oxygen atoms in total. The van der Waals surface area contributed by atoms with Crippen molar-refractivity contribution >= 4 is 45.8 Å². The molecule has 0 bridgehead atoms. The van der Waals surface area contributed by atoms with E-state index in [2.05, 4.69) is 10.3 Å². The molecule has 1 fully saturated rings. The maximum Gasteiger partial charge on any atom is 0.253 e. The zero-order chi connectivity index (χ0) is 13.3. The van der Waals surface area contributed by atoms with E-state index in [0.717, 1.165) is 12.8 Å². The molecule has 0 unspecified atom stereocenters. The first-order valence-electron chi connectivity index (χ1n) is 5.58. The van der Waals surface area contributed by atoms with E-state index in [9.17, 15) is 9.90 Å². The summed E-state index contributed by atoms with van der Waals surface area (Å²) < 4.78 is 0.511. The summed E-state index contributed by atoms with van der Waals surface area (Å²) >= 11 is 7.75. The molecule has 2 atom stereocenters. The molecule has 4 N–H and O–H groups in total. The van der Waals surface area contributed by atoms with Gasteiger partial charge in [0, 0.05) is 6.04 Å². The number of nitrogens with zero attached hydrogens (tertiary/aromatic N) is 1. The second kappa shape index (κ2) is 5.58. The Bertz CT molecular complexity index is 484. The third-order valence-corrected chi connectivity index (χ3v) is 3.98. The van der Waals surface area contributed by atoms with Crippen LogP contribution in [0.15, 0.2) is 6.07 Å². The number of halogens is 2. The van der Waals surface area contributed by atoms with E-state index < -0.39 is 0 Å². The molecule has 1 saturated carbocycles. The monoisotopic (exact) mass is 381 g/mol. The van der Waals surface area contributed by atoms with Gasteiger partial charge in [-0.15, -0.1) is 0 Å². The molecule has 0 saturated heterocycles. The molecule has 98 valence electrons. The number of carbonyl (C=O) groups is 1. The Morgan fingerprint density at radius 2 is 2.33 bits per heavy atom. The molecule has 2 rings (SSSR count). The van der Waals surface area contributed by atoms with E-state index in [-0.39, 0.29) is 23.2 Å². The van der Waals surface area contributed by atoms with Crippen LogP contribution in [0.1, 0.15) is 29.6 Å². The summed E-state index contributed by atoms with van der Waals surface area (Å²) in [6, 6.07) is 1.45. The fourth-order valence-corrected chi connectivity index (χ4v) is 2.92. The van der Waals surface area contributed by atoms with Gasteiger partial charge in [0.25, 0.3) is 5.91 Å². The number of nitrogen functional groups attached to an aromatic ring is 1. The predicted molar refractivity (Wildman–Crippen MR) is 77.5 cm³/mol. The molecule has 18 heavy (non-hydrogen) atoms. The zero-order valence-electron chi connectivity index (χ0n) is 9.49. The molecule has 0 aliphatic heterocycles. The van der Waals surface area contributed by atoms with Crippen LogP contribution in [-0.4, -0.2) is 28.1 Å². The average Bonchev–Trinajstić information content (AvgIpc) is 2.69. The van der Waals surface area contributed by atoms with Crippen molar-refractivity contribution in [3.63, 3.8) is 0 Å². The minimum atomic E-state index is -0.325. The van der Waals surface area contributed by atoms with E-state index >= 15 is 0 Å². The smallest absolute Gasteiger partial charge is 0.253 e. The number of aliphatic hydroxyl groups is 1. The first-order chi connectivity index (χ1) is 8.47. The molecule has 0 radical (unpaired) electrons. The van der Waals surface area contributed by atoms with E-state index in [1.54, 1.807) is 0 Å². The van der Waals surface area contributed by atoms with Gasteiger partial charge >= 0.3 is 0 Å². The third-order valence-electron chi connectivity index (χ3n) is 2.97. The number of rotatable bonds is 2. The van der Waals surface area contributed by atoms with E-state index in [1.807, 2.05) is 22.6 Å². The molecular weight excluding hydrogens is 368 g/mol. The topological polar surface area (TPSA) is 88.2 Å². The number of carbonyl (C=O) groups excluding carboxylic acids is 1. The number of pyridine rings is 1. The quantitative estimate of drug-likeness (QED) is 0.536. The van der Waals surface area contributed by atoms with E-state index in [0.29, 0.717) is 21.4 Å². The van der Waals surface area contributed by atoms with Crippen LogP contribution < -0.4 is 11.1 Å². The van der Waals surface area contributed by atoms with E-state index in [1.165, 1.54) is 6.07 Å². The van der Waals surface area contributed by atoms with Gasteiger partial charge in [0.15, 0.2) is 0 Å². The lowest BCUT2D eigenvalue weighted by molar-refractivity contribution is 0.0934. The minimum Gasteiger partial charge on any atom is -0.396 e. The highest BCUT2D eigenvalue weighted by molar-refractivity contribution is 14.1. The number of amides is 1. The van der Waals surface area contributed by atoms with Crippen molar-refractivity contribution in [2.24, 2.45) is 0 Å². The van der Waals surface area contributed by atoms with Crippen LogP contribution in [0.5, 0.6) is 0 Å². The average molecular weight is 382 g/mol. The summed E-state index contributed by atoms with van der Waals surface area (Å²) in [5, 5.41) is 12.5. The Balaban J connectivity index is 2.14. The van der Waals surface area contributed by atoms with Gasteiger partial charge < -0.3 is 16.2 Å². The van der Waals surface area contributed by atoms with Crippen LogP contribution in [0.4, 0.5) is 5.69 Å². The van der Waals surface area contributed by atoms with Crippen molar-refractivity contribution in [3.8, 4) is 0 Å². The normalized spacial score (nSPS) is 23.1. The number of anilines is 1. The van der Waals surface area contributed by atoms with Crippen molar-refractivity contribution in [2.45, 2.75) is 31.4 Å². The highest BCUT2D eigenvalue weighted by Gasteiger charge is 2.25. The molecule has 1 aromatic rings. The van der Waals surface area contributed by atoms with E-state index in [4.69, 9.17) is 17.3 Å². The molecule has 1 amide bonds. The molecule has 0 spiro atoms. The third kappa shape index (κ3) is 3.04. The molecular formula is C11H13ClIN3O2. The van der Waals surface area contributed by atoms with Gasteiger partial charge in [-0.25, -0.2) is 4.98 Å². The summed E-state index contributed by atoms with van der Waals surface area (Å²) in [4.78, 5) is 16.0. The molecule has 1 heterocycles. The largest absolute Gasteiger partial charge is 0.396 e.